The monoisotopic (exact) mass is 355 g/mol. The van der Waals surface area contributed by atoms with Crippen molar-refractivity contribution in [2.45, 2.75) is 51.5 Å². The van der Waals surface area contributed by atoms with Crippen LogP contribution in [0.1, 0.15) is 50.5 Å². The van der Waals surface area contributed by atoms with Crippen LogP contribution in [0.25, 0.3) is 0 Å². The van der Waals surface area contributed by atoms with Gasteiger partial charge >= 0.3 is 0 Å². The van der Waals surface area contributed by atoms with Gasteiger partial charge in [-0.25, -0.2) is 0 Å². The van der Waals surface area contributed by atoms with Gasteiger partial charge in [0.1, 0.15) is 11.5 Å². The van der Waals surface area contributed by atoms with E-state index in [2.05, 4.69) is 6.58 Å². The van der Waals surface area contributed by atoms with Crippen LogP contribution in [-0.4, -0.2) is 30.2 Å². The number of amides is 1. The summed E-state index contributed by atoms with van der Waals surface area (Å²) < 4.78 is 5.21. The smallest absolute Gasteiger partial charge is 0.226 e. The second-order valence-corrected chi connectivity index (χ2v) is 7.90. The Morgan fingerprint density at radius 1 is 1.27 bits per heavy atom. The van der Waals surface area contributed by atoms with E-state index in [-0.39, 0.29) is 23.0 Å². The van der Waals surface area contributed by atoms with E-state index in [1.54, 1.807) is 7.11 Å². The van der Waals surface area contributed by atoms with Crippen LogP contribution in [0.5, 0.6) is 5.75 Å². The van der Waals surface area contributed by atoms with Crippen molar-refractivity contribution in [3.05, 3.63) is 42.5 Å². The van der Waals surface area contributed by atoms with E-state index in [4.69, 9.17) is 4.74 Å². The molecule has 2 aliphatic rings. The van der Waals surface area contributed by atoms with E-state index in [1.807, 2.05) is 35.2 Å². The predicted octanol–water partition coefficient (Wildman–Crippen LogP) is 4.14. The van der Waals surface area contributed by atoms with Crippen LogP contribution in [-0.2, 0) is 16.1 Å². The summed E-state index contributed by atoms with van der Waals surface area (Å²) in [6, 6.07) is 7.88. The highest BCUT2D eigenvalue weighted by molar-refractivity contribution is 5.90. The third kappa shape index (κ3) is 4.17. The lowest BCUT2D eigenvalue weighted by Crippen LogP contribution is -2.54. The molecule has 1 saturated carbocycles. The SMILES string of the molecule is C=CCCCC[C@]12CC(=O)C[C@@H](C1)C(=O)N(Cc1ccc(OC)cc1)C2. The van der Waals surface area contributed by atoms with Crippen molar-refractivity contribution in [3.8, 4) is 5.75 Å². The molecule has 0 unspecified atom stereocenters. The molecule has 2 atom stereocenters. The number of fused-ring (bicyclic) bond motifs is 2. The Hall–Kier alpha value is -2.10. The van der Waals surface area contributed by atoms with Gasteiger partial charge < -0.3 is 9.64 Å². The van der Waals surface area contributed by atoms with Crippen molar-refractivity contribution >= 4 is 11.7 Å². The third-order valence-corrected chi connectivity index (χ3v) is 5.81. The second-order valence-electron chi connectivity index (χ2n) is 7.90. The van der Waals surface area contributed by atoms with E-state index in [0.29, 0.717) is 25.9 Å². The minimum atomic E-state index is -0.123. The van der Waals surface area contributed by atoms with Crippen molar-refractivity contribution in [1.29, 1.82) is 0 Å². The molecule has 1 aromatic carbocycles. The first-order valence-corrected chi connectivity index (χ1v) is 9.59. The number of ether oxygens (including phenoxy) is 1. The van der Waals surface area contributed by atoms with E-state index >= 15 is 0 Å². The van der Waals surface area contributed by atoms with Gasteiger partial charge in [0.05, 0.1) is 7.11 Å². The average Bonchev–Trinajstić information content (AvgIpc) is 2.63. The summed E-state index contributed by atoms with van der Waals surface area (Å²) in [5.41, 5.74) is 1.08. The minimum Gasteiger partial charge on any atom is -0.497 e. The van der Waals surface area contributed by atoms with Gasteiger partial charge in [0.25, 0.3) is 0 Å². The topological polar surface area (TPSA) is 46.6 Å². The standard InChI is InChI=1S/C22H29NO3/c1-3-4-5-6-11-22-13-18(12-19(24)14-22)21(25)23(16-22)15-17-7-9-20(26-2)10-8-17/h3,7-10,18H,1,4-6,11-16H2,2H3/t18-,22+/m0/s1. The van der Waals surface area contributed by atoms with E-state index in [9.17, 15) is 9.59 Å². The van der Waals surface area contributed by atoms with Crippen molar-refractivity contribution < 1.29 is 14.3 Å². The largest absolute Gasteiger partial charge is 0.497 e. The van der Waals surface area contributed by atoms with Crippen LogP contribution in [0.3, 0.4) is 0 Å². The first-order chi connectivity index (χ1) is 12.5. The number of carbonyl (C=O) groups is 2. The molecule has 2 fully saturated rings. The molecule has 1 aliphatic heterocycles. The number of piperidine rings is 1. The molecule has 2 bridgehead atoms. The molecular weight excluding hydrogens is 326 g/mol. The summed E-state index contributed by atoms with van der Waals surface area (Å²) >= 11 is 0. The number of methoxy groups -OCH3 is 1. The zero-order valence-electron chi connectivity index (χ0n) is 15.7. The van der Waals surface area contributed by atoms with Crippen molar-refractivity contribution in [3.63, 3.8) is 0 Å². The first kappa shape index (κ1) is 18.7. The number of hydrogen-bond donors (Lipinski definition) is 0. The highest BCUT2D eigenvalue weighted by atomic mass is 16.5. The van der Waals surface area contributed by atoms with Gasteiger partial charge in [-0.05, 0) is 48.8 Å². The van der Waals surface area contributed by atoms with Crippen molar-refractivity contribution in [1.82, 2.24) is 4.90 Å². The number of Topliss-reactive ketones (excluding diaryl/α,β-unsaturated/α-hetero) is 1. The molecule has 0 N–H and O–H groups in total. The van der Waals surface area contributed by atoms with Gasteiger partial charge in [-0.1, -0.05) is 24.6 Å². The van der Waals surface area contributed by atoms with Crippen molar-refractivity contribution in [2.24, 2.45) is 11.3 Å². The maximum absolute atomic E-state index is 12.9. The van der Waals surface area contributed by atoms with E-state index in [0.717, 1.165) is 43.4 Å². The van der Waals surface area contributed by atoms with Gasteiger partial charge in [0.15, 0.2) is 0 Å². The van der Waals surface area contributed by atoms with E-state index < -0.39 is 0 Å². The highest BCUT2D eigenvalue weighted by Gasteiger charge is 2.48. The molecule has 0 radical (unpaired) electrons. The number of carbonyl (C=O) groups excluding carboxylic acids is 2. The molecule has 1 saturated heterocycles. The number of benzene rings is 1. The molecule has 1 aliphatic carbocycles. The second kappa shape index (κ2) is 8.07. The van der Waals surface area contributed by atoms with Gasteiger partial charge in [-0.3, -0.25) is 9.59 Å². The Kier molecular flexibility index (Phi) is 5.80. The quantitative estimate of drug-likeness (QED) is 0.520. The lowest BCUT2D eigenvalue weighted by molar-refractivity contribution is -0.153. The number of hydrogen-bond acceptors (Lipinski definition) is 3. The average molecular weight is 355 g/mol. The number of likely N-dealkylation sites (tertiary alicyclic amines) is 1. The number of allylic oxidation sites excluding steroid dienone is 1. The number of unbranched alkanes of at least 4 members (excludes halogenated alkanes) is 2. The van der Waals surface area contributed by atoms with Crippen LogP contribution < -0.4 is 4.74 Å². The molecule has 1 heterocycles. The molecule has 4 heteroatoms. The fraction of sp³-hybridized carbons (Fsp3) is 0.545. The van der Waals surface area contributed by atoms with Crippen LogP contribution in [0.15, 0.2) is 36.9 Å². The Morgan fingerprint density at radius 2 is 2.04 bits per heavy atom. The zero-order chi connectivity index (χ0) is 18.6. The summed E-state index contributed by atoms with van der Waals surface area (Å²) in [5, 5.41) is 0. The molecule has 3 rings (SSSR count). The third-order valence-electron chi connectivity index (χ3n) is 5.81. The molecule has 140 valence electrons. The Bertz CT molecular complexity index is 666. The Morgan fingerprint density at radius 3 is 2.73 bits per heavy atom. The molecule has 1 amide bonds. The maximum Gasteiger partial charge on any atom is 0.226 e. The Labute approximate surface area is 156 Å². The van der Waals surface area contributed by atoms with Crippen LogP contribution >= 0.6 is 0 Å². The Balaban J connectivity index is 1.72. The van der Waals surface area contributed by atoms with Crippen LogP contribution in [0, 0.1) is 11.3 Å². The van der Waals surface area contributed by atoms with Crippen molar-refractivity contribution in [2.75, 3.05) is 13.7 Å². The molecule has 4 nitrogen and oxygen atoms in total. The highest BCUT2D eigenvalue weighted by Crippen LogP contribution is 2.46. The maximum atomic E-state index is 12.9. The van der Waals surface area contributed by atoms with Gasteiger partial charge in [-0.15, -0.1) is 6.58 Å². The lowest BCUT2D eigenvalue weighted by Gasteiger charge is -2.49. The zero-order valence-corrected chi connectivity index (χ0v) is 15.7. The molecule has 1 aromatic rings. The summed E-state index contributed by atoms with van der Waals surface area (Å²) in [5.74, 6) is 1.11. The number of ketones is 1. The van der Waals surface area contributed by atoms with Gasteiger partial charge in [0.2, 0.25) is 5.91 Å². The fourth-order valence-electron chi connectivity index (χ4n) is 4.61. The first-order valence-electron chi connectivity index (χ1n) is 9.59. The number of rotatable bonds is 8. The summed E-state index contributed by atoms with van der Waals surface area (Å²) in [4.78, 5) is 27.1. The fourth-order valence-corrected chi connectivity index (χ4v) is 4.61. The lowest BCUT2D eigenvalue weighted by atomic mass is 9.63. The molecule has 26 heavy (non-hydrogen) atoms. The predicted molar refractivity (Wildman–Crippen MR) is 102 cm³/mol. The molecule has 0 aromatic heterocycles. The normalized spacial score (nSPS) is 25.3. The number of nitrogens with zero attached hydrogens (tertiary/aromatic N) is 1. The van der Waals surface area contributed by atoms with E-state index in [1.165, 1.54) is 0 Å². The summed E-state index contributed by atoms with van der Waals surface area (Å²) in [7, 11) is 1.65. The van der Waals surface area contributed by atoms with Crippen LogP contribution in [0.4, 0.5) is 0 Å². The molecule has 0 spiro atoms. The summed E-state index contributed by atoms with van der Waals surface area (Å²) in [6.45, 7) is 5.10. The minimum absolute atomic E-state index is 0.0262. The van der Waals surface area contributed by atoms with Gasteiger partial charge in [-0.2, -0.15) is 0 Å². The van der Waals surface area contributed by atoms with Gasteiger partial charge in [0, 0.05) is 31.8 Å². The molecular formula is C22H29NO3. The van der Waals surface area contributed by atoms with Crippen LogP contribution in [0.2, 0.25) is 0 Å². The summed E-state index contributed by atoms with van der Waals surface area (Å²) in [6.07, 6.45) is 8.12.